The van der Waals surface area contributed by atoms with Crippen LogP contribution in [0.2, 0.25) is 0 Å². The minimum absolute atomic E-state index is 0.0514. The molecule has 1 aromatic carbocycles. The number of hydrogen-bond acceptors (Lipinski definition) is 6. The van der Waals surface area contributed by atoms with Gasteiger partial charge < -0.3 is 9.47 Å². The second-order valence-corrected chi connectivity index (χ2v) is 5.19. The highest BCUT2D eigenvalue weighted by atomic mass is 32.2. The van der Waals surface area contributed by atoms with E-state index in [0.717, 1.165) is 0 Å². The van der Waals surface area contributed by atoms with E-state index >= 15 is 0 Å². The highest BCUT2D eigenvalue weighted by Crippen LogP contribution is 2.18. The molecule has 0 aliphatic heterocycles. The van der Waals surface area contributed by atoms with Gasteiger partial charge in [0.05, 0.1) is 18.6 Å². The van der Waals surface area contributed by atoms with Crippen molar-refractivity contribution in [2.75, 3.05) is 13.7 Å². The van der Waals surface area contributed by atoms with Gasteiger partial charge >= 0.3 is 5.97 Å². The predicted molar refractivity (Wildman–Crippen MR) is 67.4 cm³/mol. The van der Waals surface area contributed by atoms with Crippen LogP contribution >= 0.6 is 0 Å². The topological polar surface area (TPSA) is 78.9 Å². The number of benzene rings is 1. The Hall–Kier alpha value is -1.60. The third-order valence-electron chi connectivity index (χ3n) is 2.24. The number of hydrogen-bond donors (Lipinski definition) is 0. The fraction of sp³-hybridized carbons (Fsp3) is 0.417. The Kier molecular flexibility index (Phi) is 5.31. The minimum atomic E-state index is -4.00. The summed E-state index contributed by atoms with van der Waals surface area (Å²) in [6.45, 7) is 3.11. The maximum Gasteiger partial charge on any atom is 0.336 e. The van der Waals surface area contributed by atoms with Crippen molar-refractivity contribution in [1.29, 1.82) is 0 Å². The number of carbonyl (C=O) groups is 1. The zero-order valence-electron chi connectivity index (χ0n) is 11.0. The van der Waals surface area contributed by atoms with Crippen molar-refractivity contribution < 1.29 is 26.9 Å². The Balaban J connectivity index is 2.82. The second-order valence-electron chi connectivity index (χ2n) is 3.62. The van der Waals surface area contributed by atoms with Gasteiger partial charge in [0.2, 0.25) is 0 Å². The van der Waals surface area contributed by atoms with E-state index in [9.17, 15) is 13.2 Å². The zero-order valence-corrected chi connectivity index (χ0v) is 11.8. The van der Waals surface area contributed by atoms with Gasteiger partial charge in [0.25, 0.3) is 10.1 Å². The summed E-state index contributed by atoms with van der Waals surface area (Å²) in [5.41, 5.74) is 0. The summed E-state index contributed by atoms with van der Waals surface area (Å²) in [6.07, 6.45) is -1.19. The van der Waals surface area contributed by atoms with Crippen molar-refractivity contribution in [3.63, 3.8) is 0 Å². The smallest absolute Gasteiger partial charge is 0.336 e. The number of methoxy groups -OCH3 is 1. The molecule has 0 aliphatic rings. The van der Waals surface area contributed by atoms with Crippen LogP contribution in [-0.4, -0.2) is 34.2 Å². The molecule has 6 nitrogen and oxygen atoms in total. The van der Waals surface area contributed by atoms with Gasteiger partial charge in [0, 0.05) is 0 Å². The summed E-state index contributed by atoms with van der Waals surface area (Å²) in [5, 5.41) is 0. The first-order chi connectivity index (χ1) is 8.90. The number of esters is 1. The quantitative estimate of drug-likeness (QED) is 0.581. The molecule has 0 amide bonds. The summed E-state index contributed by atoms with van der Waals surface area (Å²) >= 11 is 0. The van der Waals surface area contributed by atoms with Crippen molar-refractivity contribution in [3.8, 4) is 5.75 Å². The van der Waals surface area contributed by atoms with Crippen LogP contribution in [0.15, 0.2) is 29.2 Å². The van der Waals surface area contributed by atoms with Gasteiger partial charge in [-0.1, -0.05) is 0 Å². The molecular weight excluding hydrogens is 272 g/mol. The van der Waals surface area contributed by atoms with Gasteiger partial charge in [-0.15, -0.1) is 0 Å². The normalized spacial score (nSPS) is 12.8. The van der Waals surface area contributed by atoms with Crippen LogP contribution in [-0.2, 0) is 23.8 Å². The molecule has 1 rings (SSSR count). The molecule has 0 fully saturated rings. The molecule has 1 aromatic rings. The first kappa shape index (κ1) is 15.5. The van der Waals surface area contributed by atoms with Crippen molar-refractivity contribution in [3.05, 3.63) is 24.3 Å². The fourth-order valence-corrected chi connectivity index (χ4v) is 2.33. The molecule has 0 bridgehead atoms. The first-order valence-corrected chi connectivity index (χ1v) is 7.05. The largest absolute Gasteiger partial charge is 0.497 e. The Morgan fingerprint density at radius 3 is 2.32 bits per heavy atom. The van der Waals surface area contributed by atoms with E-state index < -0.39 is 22.2 Å². The van der Waals surface area contributed by atoms with E-state index in [0.29, 0.717) is 5.75 Å². The summed E-state index contributed by atoms with van der Waals surface area (Å²) in [5.74, 6) is -0.197. The van der Waals surface area contributed by atoms with E-state index in [1.54, 1.807) is 6.92 Å². The number of ether oxygens (including phenoxy) is 2. The van der Waals surface area contributed by atoms with Crippen LogP contribution in [0.5, 0.6) is 5.75 Å². The Morgan fingerprint density at radius 2 is 1.84 bits per heavy atom. The van der Waals surface area contributed by atoms with E-state index in [-0.39, 0.29) is 11.5 Å². The van der Waals surface area contributed by atoms with Crippen molar-refractivity contribution in [2.45, 2.75) is 24.8 Å². The summed E-state index contributed by atoms with van der Waals surface area (Å²) in [4.78, 5) is 11.3. The molecule has 0 unspecified atom stereocenters. The van der Waals surface area contributed by atoms with Gasteiger partial charge in [0.15, 0.2) is 6.10 Å². The number of carbonyl (C=O) groups excluding carboxylic acids is 1. The van der Waals surface area contributed by atoms with E-state index in [1.165, 1.54) is 38.3 Å². The predicted octanol–water partition coefficient (Wildman–Crippen LogP) is 1.35. The molecular formula is C12H16O6S. The van der Waals surface area contributed by atoms with Crippen molar-refractivity contribution in [2.24, 2.45) is 0 Å². The third-order valence-corrected chi connectivity index (χ3v) is 3.63. The summed E-state index contributed by atoms with van der Waals surface area (Å²) in [7, 11) is -2.53. The van der Waals surface area contributed by atoms with E-state index in [4.69, 9.17) is 8.92 Å². The maximum absolute atomic E-state index is 11.9. The van der Waals surface area contributed by atoms with E-state index in [2.05, 4.69) is 4.74 Å². The summed E-state index contributed by atoms with van der Waals surface area (Å²) in [6, 6.07) is 5.66. The SMILES string of the molecule is CCOC(=O)[C@H](C)OS(=O)(=O)c1ccc(OC)cc1. The Bertz CT molecular complexity index is 520. The molecule has 19 heavy (non-hydrogen) atoms. The third kappa shape index (κ3) is 4.22. The van der Waals surface area contributed by atoms with Gasteiger partial charge in [-0.05, 0) is 38.1 Å². The van der Waals surface area contributed by atoms with Gasteiger partial charge in [0.1, 0.15) is 5.75 Å². The fourth-order valence-electron chi connectivity index (χ4n) is 1.29. The van der Waals surface area contributed by atoms with E-state index in [1.807, 2.05) is 0 Å². The molecule has 0 spiro atoms. The lowest BCUT2D eigenvalue weighted by Crippen LogP contribution is -2.26. The molecule has 0 saturated carbocycles. The standard InChI is InChI=1S/C12H16O6S/c1-4-17-12(13)9(2)18-19(14,15)11-7-5-10(16-3)6-8-11/h5-9H,4H2,1-3H3/t9-/m0/s1. The summed E-state index contributed by atoms with van der Waals surface area (Å²) < 4.78 is 38.1. The highest BCUT2D eigenvalue weighted by molar-refractivity contribution is 7.86. The van der Waals surface area contributed by atoms with Crippen LogP contribution < -0.4 is 4.74 Å². The van der Waals surface area contributed by atoms with Crippen LogP contribution in [0, 0.1) is 0 Å². The minimum Gasteiger partial charge on any atom is -0.497 e. The molecule has 0 aromatic heterocycles. The molecule has 0 radical (unpaired) electrons. The molecule has 0 saturated heterocycles. The lowest BCUT2D eigenvalue weighted by molar-refractivity contribution is -0.150. The Labute approximate surface area is 112 Å². The van der Waals surface area contributed by atoms with Gasteiger partial charge in [-0.25, -0.2) is 4.79 Å². The second kappa shape index (κ2) is 6.53. The average Bonchev–Trinajstić information content (AvgIpc) is 2.38. The van der Waals surface area contributed by atoms with Gasteiger partial charge in [-0.2, -0.15) is 8.42 Å². The molecule has 106 valence electrons. The van der Waals surface area contributed by atoms with Crippen LogP contribution in [0.25, 0.3) is 0 Å². The van der Waals surface area contributed by atoms with Crippen molar-refractivity contribution >= 4 is 16.1 Å². The zero-order chi connectivity index (χ0) is 14.5. The van der Waals surface area contributed by atoms with Crippen molar-refractivity contribution in [1.82, 2.24) is 0 Å². The van der Waals surface area contributed by atoms with Crippen LogP contribution in [0.1, 0.15) is 13.8 Å². The number of rotatable bonds is 6. The lowest BCUT2D eigenvalue weighted by atomic mass is 10.3. The average molecular weight is 288 g/mol. The highest BCUT2D eigenvalue weighted by Gasteiger charge is 2.24. The Morgan fingerprint density at radius 1 is 1.26 bits per heavy atom. The van der Waals surface area contributed by atoms with Crippen LogP contribution in [0.3, 0.4) is 0 Å². The molecule has 0 aliphatic carbocycles. The molecule has 0 N–H and O–H groups in total. The lowest BCUT2D eigenvalue weighted by Gasteiger charge is -2.12. The maximum atomic E-state index is 11.9. The van der Waals surface area contributed by atoms with Crippen LogP contribution in [0.4, 0.5) is 0 Å². The van der Waals surface area contributed by atoms with Gasteiger partial charge in [-0.3, -0.25) is 4.18 Å². The molecule has 7 heteroatoms. The monoisotopic (exact) mass is 288 g/mol. The molecule has 1 atom stereocenters. The molecule has 0 heterocycles. The first-order valence-electron chi connectivity index (χ1n) is 5.64.